The molecule has 1 aromatic heterocycles. The van der Waals surface area contributed by atoms with Gasteiger partial charge in [0.2, 0.25) is 5.88 Å². The molecule has 1 heterocycles. The lowest BCUT2D eigenvalue weighted by Gasteiger charge is -2.09. The first-order valence-corrected chi connectivity index (χ1v) is 6.02. The van der Waals surface area contributed by atoms with Gasteiger partial charge in [0.25, 0.3) is 5.69 Å². The standard InChI is InChI=1S/C12H7ClFN3O5/c13-7-3-8(14)9(16-12(18)19)4-10(7)22-11-2-1-6(5-15-11)17(20)21/h1-5,16H,(H,18,19). The van der Waals surface area contributed by atoms with E-state index in [-0.39, 0.29) is 28.0 Å². The molecule has 0 radical (unpaired) electrons. The number of halogens is 2. The van der Waals surface area contributed by atoms with E-state index in [4.69, 9.17) is 21.4 Å². The number of hydrogen-bond donors (Lipinski definition) is 2. The number of aromatic nitrogens is 1. The predicted molar refractivity (Wildman–Crippen MR) is 74.0 cm³/mol. The summed E-state index contributed by atoms with van der Waals surface area (Å²) < 4.78 is 18.8. The zero-order valence-corrected chi connectivity index (χ0v) is 11.4. The molecule has 8 nitrogen and oxygen atoms in total. The highest BCUT2D eigenvalue weighted by molar-refractivity contribution is 6.32. The van der Waals surface area contributed by atoms with Crippen LogP contribution in [-0.2, 0) is 0 Å². The number of pyridine rings is 1. The molecule has 10 heteroatoms. The summed E-state index contributed by atoms with van der Waals surface area (Å²) in [7, 11) is 0. The average molecular weight is 328 g/mol. The van der Waals surface area contributed by atoms with E-state index in [1.54, 1.807) is 0 Å². The Morgan fingerprint density at radius 1 is 1.45 bits per heavy atom. The normalized spacial score (nSPS) is 10.1. The van der Waals surface area contributed by atoms with Crippen molar-refractivity contribution in [3.8, 4) is 11.6 Å². The minimum absolute atomic E-state index is 0.0274. The van der Waals surface area contributed by atoms with E-state index in [9.17, 15) is 19.3 Å². The molecule has 2 aromatic rings. The predicted octanol–water partition coefficient (Wildman–Crippen LogP) is 3.66. The van der Waals surface area contributed by atoms with E-state index in [0.717, 1.165) is 24.4 Å². The van der Waals surface area contributed by atoms with E-state index in [0.29, 0.717) is 0 Å². The van der Waals surface area contributed by atoms with Crippen molar-refractivity contribution in [3.63, 3.8) is 0 Å². The number of benzene rings is 1. The van der Waals surface area contributed by atoms with Crippen LogP contribution >= 0.6 is 11.6 Å². The average Bonchev–Trinajstić information content (AvgIpc) is 2.44. The Hall–Kier alpha value is -2.94. The number of anilines is 1. The molecule has 1 aromatic carbocycles. The summed E-state index contributed by atoms with van der Waals surface area (Å²) in [6, 6.07) is 4.29. The molecule has 0 unspecified atom stereocenters. The van der Waals surface area contributed by atoms with Crippen molar-refractivity contribution in [1.29, 1.82) is 0 Å². The van der Waals surface area contributed by atoms with E-state index in [2.05, 4.69) is 4.98 Å². The topological polar surface area (TPSA) is 115 Å². The number of carboxylic acid groups (broad SMARTS) is 1. The molecule has 0 aliphatic carbocycles. The number of nitrogens with one attached hydrogen (secondary N) is 1. The number of ether oxygens (including phenoxy) is 1. The summed E-state index contributed by atoms with van der Waals surface area (Å²) in [6.45, 7) is 0. The van der Waals surface area contributed by atoms with Crippen LogP contribution in [0.3, 0.4) is 0 Å². The highest BCUT2D eigenvalue weighted by Gasteiger charge is 2.13. The van der Waals surface area contributed by atoms with Gasteiger partial charge in [-0.05, 0) is 6.07 Å². The number of carbonyl (C=O) groups is 1. The Balaban J connectivity index is 2.28. The monoisotopic (exact) mass is 327 g/mol. The van der Waals surface area contributed by atoms with E-state index < -0.39 is 16.8 Å². The van der Waals surface area contributed by atoms with Gasteiger partial charge in [0.1, 0.15) is 17.8 Å². The molecule has 1 amide bonds. The first kappa shape index (κ1) is 15.4. The third-order valence-corrected chi connectivity index (χ3v) is 2.70. The Kier molecular flexibility index (Phi) is 4.37. The maximum absolute atomic E-state index is 13.5. The van der Waals surface area contributed by atoms with Crippen LogP contribution in [0.15, 0.2) is 30.5 Å². The van der Waals surface area contributed by atoms with Crippen molar-refractivity contribution in [2.45, 2.75) is 0 Å². The fraction of sp³-hybridized carbons (Fsp3) is 0. The SMILES string of the molecule is O=C(O)Nc1cc(Oc2ccc([N+](=O)[O-])cn2)c(Cl)cc1F. The van der Waals surface area contributed by atoms with Crippen LogP contribution in [0.5, 0.6) is 11.6 Å². The summed E-state index contributed by atoms with van der Waals surface area (Å²) >= 11 is 5.79. The zero-order chi connectivity index (χ0) is 16.3. The molecular formula is C12H7ClFN3O5. The molecule has 0 spiro atoms. The van der Waals surface area contributed by atoms with Crippen LogP contribution in [0.1, 0.15) is 0 Å². The van der Waals surface area contributed by atoms with Crippen molar-refractivity contribution in [1.82, 2.24) is 4.98 Å². The Labute approximate surface area is 127 Å². The van der Waals surface area contributed by atoms with Gasteiger partial charge in [-0.2, -0.15) is 0 Å². The van der Waals surface area contributed by atoms with Crippen molar-refractivity contribution < 1.29 is 24.0 Å². The summed E-state index contributed by atoms with van der Waals surface area (Å²) in [6.07, 6.45) is -0.482. The van der Waals surface area contributed by atoms with Crippen LogP contribution in [0.4, 0.5) is 20.6 Å². The largest absolute Gasteiger partial charge is 0.465 e. The maximum Gasteiger partial charge on any atom is 0.409 e. The van der Waals surface area contributed by atoms with Crippen LogP contribution in [0, 0.1) is 15.9 Å². The van der Waals surface area contributed by atoms with E-state index in [1.807, 2.05) is 5.32 Å². The highest BCUT2D eigenvalue weighted by atomic mass is 35.5. The van der Waals surface area contributed by atoms with Crippen LogP contribution in [0.25, 0.3) is 0 Å². The summed E-state index contributed by atoms with van der Waals surface area (Å²) in [5.74, 6) is -0.968. The van der Waals surface area contributed by atoms with Gasteiger partial charge in [0, 0.05) is 18.2 Å². The smallest absolute Gasteiger partial charge is 0.409 e. The van der Waals surface area contributed by atoms with Gasteiger partial charge in [-0.25, -0.2) is 14.2 Å². The minimum atomic E-state index is -1.46. The van der Waals surface area contributed by atoms with Crippen molar-refractivity contribution in [2.75, 3.05) is 5.32 Å². The van der Waals surface area contributed by atoms with Gasteiger partial charge in [-0.15, -0.1) is 0 Å². The molecule has 22 heavy (non-hydrogen) atoms. The van der Waals surface area contributed by atoms with E-state index in [1.165, 1.54) is 6.07 Å². The van der Waals surface area contributed by atoms with Crippen molar-refractivity contribution in [2.24, 2.45) is 0 Å². The summed E-state index contributed by atoms with van der Waals surface area (Å²) in [4.78, 5) is 24.1. The molecule has 0 fully saturated rings. The zero-order valence-electron chi connectivity index (χ0n) is 10.6. The molecule has 2 N–H and O–H groups in total. The first-order chi connectivity index (χ1) is 10.4. The van der Waals surface area contributed by atoms with Gasteiger partial charge in [0.15, 0.2) is 0 Å². The number of hydrogen-bond acceptors (Lipinski definition) is 5. The third-order valence-electron chi connectivity index (χ3n) is 2.41. The van der Waals surface area contributed by atoms with Crippen LogP contribution in [-0.4, -0.2) is 21.1 Å². The van der Waals surface area contributed by atoms with Gasteiger partial charge in [0.05, 0.1) is 15.6 Å². The molecule has 114 valence electrons. The Bertz CT molecular complexity index is 738. The van der Waals surface area contributed by atoms with Crippen LogP contribution in [0.2, 0.25) is 5.02 Å². The molecule has 0 aliphatic rings. The molecule has 0 bridgehead atoms. The minimum Gasteiger partial charge on any atom is -0.465 e. The summed E-state index contributed by atoms with van der Waals surface area (Å²) in [5, 5.41) is 20.8. The first-order valence-electron chi connectivity index (χ1n) is 5.64. The van der Waals surface area contributed by atoms with E-state index >= 15 is 0 Å². The fourth-order valence-electron chi connectivity index (χ4n) is 1.47. The Morgan fingerprint density at radius 2 is 2.18 bits per heavy atom. The molecule has 2 rings (SSSR count). The molecular weight excluding hydrogens is 321 g/mol. The second kappa shape index (κ2) is 6.22. The van der Waals surface area contributed by atoms with Crippen molar-refractivity contribution in [3.05, 3.63) is 51.4 Å². The van der Waals surface area contributed by atoms with Gasteiger partial charge >= 0.3 is 6.09 Å². The molecule has 0 atom stereocenters. The lowest BCUT2D eigenvalue weighted by atomic mass is 10.3. The summed E-state index contributed by atoms with van der Waals surface area (Å²) in [5.41, 5.74) is -0.584. The van der Waals surface area contributed by atoms with Gasteiger partial charge in [-0.3, -0.25) is 15.4 Å². The second-order valence-corrected chi connectivity index (χ2v) is 4.31. The van der Waals surface area contributed by atoms with Crippen molar-refractivity contribution >= 4 is 29.1 Å². The number of nitro groups is 1. The number of rotatable bonds is 4. The molecule has 0 saturated carbocycles. The second-order valence-electron chi connectivity index (χ2n) is 3.91. The third kappa shape index (κ3) is 3.58. The Morgan fingerprint density at radius 3 is 2.73 bits per heavy atom. The lowest BCUT2D eigenvalue weighted by molar-refractivity contribution is -0.385. The quantitative estimate of drug-likeness (QED) is 0.654. The highest BCUT2D eigenvalue weighted by Crippen LogP contribution is 2.33. The lowest BCUT2D eigenvalue weighted by Crippen LogP contribution is -2.09. The number of nitrogens with zero attached hydrogens (tertiary/aromatic N) is 2. The maximum atomic E-state index is 13.5. The van der Waals surface area contributed by atoms with Crippen LogP contribution < -0.4 is 10.1 Å². The molecule has 0 aliphatic heterocycles. The number of amides is 1. The van der Waals surface area contributed by atoms with Gasteiger partial charge < -0.3 is 9.84 Å². The molecule has 0 saturated heterocycles. The van der Waals surface area contributed by atoms with Gasteiger partial charge in [-0.1, -0.05) is 11.6 Å². The fourth-order valence-corrected chi connectivity index (χ4v) is 1.66.